The van der Waals surface area contributed by atoms with E-state index in [1.807, 2.05) is 26.0 Å². The molecule has 0 radical (unpaired) electrons. The summed E-state index contributed by atoms with van der Waals surface area (Å²) >= 11 is 0. The van der Waals surface area contributed by atoms with E-state index >= 15 is 0 Å². The Morgan fingerprint density at radius 1 is 1.40 bits per heavy atom. The predicted molar refractivity (Wildman–Crippen MR) is 55.5 cm³/mol. The molecular formula is C11H10N4. The lowest BCUT2D eigenvalue weighted by Gasteiger charge is -2.04. The summed E-state index contributed by atoms with van der Waals surface area (Å²) in [5, 5.41) is 13.2. The largest absolute Gasteiger partial charge is 0.243 e. The molecule has 0 aliphatic heterocycles. The number of hydrogen-bond acceptors (Lipinski definition) is 3. The van der Waals surface area contributed by atoms with Crippen LogP contribution in [0.1, 0.15) is 17.1 Å². The standard InChI is InChI=1S/C11H10N4/c1-8-6-9(2)15(14-8)11-4-3-5-13-10(11)7-12/h3-6H,1-2H3. The van der Waals surface area contributed by atoms with Crippen LogP contribution in [-0.2, 0) is 0 Å². The number of rotatable bonds is 1. The molecule has 15 heavy (non-hydrogen) atoms. The first-order valence-electron chi connectivity index (χ1n) is 4.61. The average molecular weight is 198 g/mol. The number of nitriles is 1. The van der Waals surface area contributed by atoms with Gasteiger partial charge in [-0.1, -0.05) is 0 Å². The van der Waals surface area contributed by atoms with Crippen LogP contribution in [-0.4, -0.2) is 14.8 Å². The van der Waals surface area contributed by atoms with Crippen molar-refractivity contribution in [2.75, 3.05) is 0 Å². The Hall–Kier alpha value is -2.15. The Morgan fingerprint density at radius 2 is 2.20 bits per heavy atom. The molecule has 0 fully saturated rings. The van der Waals surface area contributed by atoms with Crippen LogP contribution in [0.4, 0.5) is 0 Å². The van der Waals surface area contributed by atoms with Crippen molar-refractivity contribution in [2.24, 2.45) is 0 Å². The van der Waals surface area contributed by atoms with E-state index in [4.69, 9.17) is 5.26 Å². The second kappa shape index (κ2) is 3.54. The maximum Gasteiger partial charge on any atom is 0.166 e. The number of hydrogen-bond donors (Lipinski definition) is 0. The van der Waals surface area contributed by atoms with Crippen molar-refractivity contribution in [1.82, 2.24) is 14.8 Å². The molecule has 0 bridgehead atoms. The lowest BCUT2D eigenvalue weighted by Crippen LogP contribution is -2.02. The summed E-state index contributed by atoms with van der Waals surface area (Å²) < 4.78 is 1.74. The minimum Gasteiger partial charge on any atom is -0.243 e. The molecule has 2 aromatic rings. The maximum atomic E-state index is 8.92. The minimum absolute atomic E-state index is 0.392. The number of pyridine rings is 1. The molecule has 74 valence electrons. The number of aromatic nitrogens is 3. The maximum absolute atomic E-state index is 8.92. The zero-order chi connectivity index (χ0) is 10.8. The van der Waals surface area contributed by atoms with Crippen molar-refractivity contribution in [2.45, 2.75) is 13.8 Å². The number of nitrogens with zero attached hydrogens (tertiary/aromatic N) is 4. The molecule has 0 saturated carbocycles. The van der Waals surface area contributed by atoms with Gasteiger partial charge >= 0.3 is 0 Å². The molecule has 0 saturated heterocycles. The van der Waals surface area contributed by atoms with Crippen molar-refractivity contribution in [3.05, 3.63) is 41.5 Å². The normalized spacial score (nSPS) is 9.93. The second-order valence-corrected chi connectivity index (χ2v) is 3.32. The van der Waals surface area contributed by atoms with Crippen LogP contribution in [0.25, 0.3) is 5.69 Å². The van der Waals surface area contributed by atoms with E-state index in [1.165, 1.54) is 0 Å². The topological polar surface area (TPSA) is 54.5 Å². The molecule has 0 atom stereocenters. The van der Waals surface area contributed by atoms with Gasteiger partial charge in [-0.2, -0.15) is 10.4 Å². The molecule has 2 heterocycles. The average Bonchev–Trinajstić information content (AvgIpc) is 2.57. The van der Waals surface area contributed by atoms with Gasteiger partial charge in [0.2, 0.25) is 0 Å². The molecule has 0 amide bonds. The Morgan fingerprint density at radius 3 is 2.80 bits per heavy atom. The van der Waals surface area contributed by atoms with Gasteiger partial charge in [-0.15, -0.1) is 0 Å². The van der Waals surface area contributed by atoms with E-state index in [-0.39, 0.29) is 0 Å². The summed E-state index contributed by atoms with van der Waals surface area (Å²) in [4.78, 5) is 4.00. The Balaban J connectivity index is 2.64. The highest BCUT2D eigenvalue weighted by Crippen LogP contribution is 2.13. The zero-order valence-corrected chi connectivity index (χ0v) is 8.60. The summed E-state index contributed by atoms with van der Waals surface area (Å²) in [5.41, 5.74) is 3.05. The van der Waals surface area contributed by atoms with Gasteiger partial charge in [0.1, 0.15) is 11.8 Å². The summed E-state index contributed by atoms with van der Waals surface area (Å²) in [7, 11) is 0. The molecule has 0 N–H and O–H groups in total. The van der Waals surface area contributed by atoms with Gasteiger partial charge in [0, 0.05) is 11.9 Å². The molecule has 2 rings (SSSR count). The molecule has 4 heteroatoms. The predicted octanol–water partition coefficient (Wildman–Crippen LogP) is 1.76. The summed E-state index contributed by atoms with van der Waals surface area (Å²) in [6, 6.07) is 7.66. The van der Waals surface area contributed by atoms with Gasteiger partial charge in [-0.25, -0.2) is 9.67 Å². The van der Waals surface area contributed by atoms with Gasteiger partial charge in [-0.05, 0) is 32.0 Å². The fourth-order valence-corrected chi connectivity index (χ4v) is 1.53. The smallest absolute Gasteiger partial charge is 0.166 e. The third kappa shape index (κ3) is 1.59. The van der Waals surface area contributed by atoms with E-state index in [1.54, 1.807) is 16.9 Å². The van der Waals surface area contributed by atoms with Crippen molar-refractivity contribution in [3.8, 4) is 11.8 Å². The van der Waals surface area contributed by atoms with Crippen LogP contribution < -0.4 is 0 Å². The summed E-state index contributed by atoms with van der Waals surface area (Å²) in [6.45, 7) is 3.88. The van der Waals surface area contributed by atoms with E-state index < -0.39 is 0 Å². The second-order valence-electron chi connectivity index (χ2n) is 3.32. The third-order valence-corrected chi connectivity index (χ3v) is 2.13. The Kier molecular flexibility index (Phi) is 2.22. The van der Waals surface area contributed by atoms with Crippen LogP contribution in [0, 0.1) is 25.2 Å². The molecule has 0 spiro atoms. The van der Waals surface area contributed by atoms with Crippen LogP contribution >= 0.6 is 0 Å². The minimum atomic E-state index is 0.392. The third-order valence-electron chi connectivity index (χ3n) is 2.13. The van der Waals surface area contributed by atoms with E-state index in [2.05, 4.69) is 16.2 Å². The highest BCUT2D eigenvalue weighted by atomic mass is 15.3. The van der Waals surface area contributed by atoms with Gasteiger partial charge < -0.3 is 0 Å². The monoisotopic (exact) mass is 198 g/mol. The van der Waals surface area contributed by atoms with Gasteiger partial charge in [-0.3, -0.25) is 0 Å². The van der Waals surface area contributed by atoms with Crippen molar-refractivity contribution in [1.29, 1.82) is 5.26 Å². The van der Waals surface area contributed by atoms with Gasteiger partial charge in [0.25, 0.3) is 0 Å². The molecule has 0 aliphatic rings. The van der Waals surface area contributed by atoms with Crippen LogP contribution in [0.3, 0.4) is 0 Å². The van der Waals surface area contributed by atoms with Crippen LogP contribution in [0.5, 0.6) is 0 Å². The Labute approximate surface area is 87.8 Å². The van der Waals surface area contributed by atoms with Crippen molar-refractivity contribution in [3.63, 3.8) is 0 Å². The lowest BCUT2D eigenvalue weighted by atomic mass is 10.3. The van der Waals surface area contributed by atoms with Crippen LogP contribution in [0.15, 0.2) is 24.4 Å². The van der Waals surface area contributed by atoms with E-state index in [0.717, 1.165) is 17.1 Å². The zero-order valence-electron chi connectivity index (χ0n) is 8.60. The first kappa shape index (κ1) is 9.41. The molecular weight excluding hydrogens is 188 g/mol. The molecule has 0 unspecified atom stereocenters. The fraction of sp³-hybridized carbons (Fsp3) is 0.182. The SMILES string of the molecule is Cc1cc(C)n(-c2cccnc2C#N)n1. The Bertz CT molecular complexity index is 534. The molecule has 0 aromatic carbocycles. The molecule has 2 aromatic heterocycles. The highest BCUT2D eigenvalue weighted by Gasteiger charge is 2.08. The van der Waals surface area contributed by atoms with E-state index in [9.17, 15) is 0 Å². The first-order valence-corrected chi connectivity index (χ1v) is 4.61. The molecule has 4 nitrogen and oxygen atoms in total. The quantitative estimate of drug-likeness (QED) is 0.701. The number of aryl methyl sites for hydroxylation is 2. The summed E-state index contributed by atoms with van der Waals surface area (Å²) in [6.07, 6.45) is 1.60. The fourth-order valence-electron chi connectivity index (χ4n) is 1.53. The van der Waals surface area contributed by atoms with Crippen molar-refractivity contribution >= 4 is 0 Å². The first-order chi connectivity index (χ1) is 7.22. The molecule has 0 aliphatic carbocycles. The summed E-state index contributed by atoms with van der Waals surface area (Å²) in [5.74, 6) is 0. The van der Waals surface area contributed by atoms with Crippen LogP contribution in [0.2, 0.25) is 0 Å². The highest BCUT2D eigenvalue weighted by molar-refractivity contribution is 5.44. The van der Waals surface area contributed by atoms with Gasteiger partial charge in [0.05, 0.1) is 5.69 Å². The van der Waals surface area contributed by atoms with Gasteiger partial charge in [0.15, 0.2) is 5.69 Å². The van der Waals surface area contributed by atoms with Crippen molar-refractivity contribution < 1.29 is 0 Å². The van der Waals surface area contributed by atoms with E-state index in [0.29, 0.717) is 5.69 Å². The lowest BCUT2D eigenvalue weighted by molar-refractivity contribution is 0.825.